The van der Waals surface area contributed by atoms with Crippen molar-refractivity contribution >= 4 is 27.5 Å². The molecule has 0 fully saturated rings. The summed E-state index contributed by atoms with van der Waals surface area (Å²) in [5.41, 5.74) is 0. The van der Waals surface area contributed by atoms with Crippen molar-refractivity contribution in [3.05, 3.63) is 21.6 Å². The first-order valence-corrected chi connectivity index (χ1v) is 4.24. The van der Waals surface area contributed by atoms with Crippen molar-refractivity contribution in [3.63, 3.8) is 0 Å². The summed E-state index contributed by atoms with van der Waals surface area (Å²) in [5.74, 6) is -2.57. The minimum absolute atomic E-state index is 0.0190. The average molecular weight is 294 g/mol. The second kappa shape index (κ2) is 3.90. The Balaban J connectivity index is 3.09. The Hall–Kier alpha value is -0.560. The molecule has 8 heteroatoms. The number of hydrogen-bond acceptors (Lipinski definition) is 2. The Morgan fingerprint density at radius 3 is 2.43 bits per heavy atom. The number of rotatable bonds is 1. The van der Waals surface area contributed by atoms with E-state index in [1.165, 1.54) is 0 Å². The average Bonchev–Trinajstić information content (AvgIpc) is 1.95. The summed E-state index contributed by atoms with van der Waals surface area (Å²) in [6, 6.07) is 0.992. The number of nitrogens with zero attached hydrogens (tertiary/aromatic N) is 1. The highest BCUT2D eigenvalue weighted by atomic mass is 79.9. The summed E-state index contributed by atoms with van der Waals surface area (Å²) in [6.45, 7) is 0. The van der Waals surface area contributed by atoms with Crippen molar-refractivity contribution in [1.29, 1.82) is 0 Å². The van der Waals surface area contributed by atoms with Gasteiger partial charge in [-0.15, -0.1) is 13.2 Å². The molecule has 0 amide bonds. The van der Waals surface area contributed by atoms with Gasteiger partial charge < -0.3 is 4.74 Å². The fourth-order valence-corrected chi connectivity index (χ4v) is 1.39. The fourth-order valence-electron chi connectivity index (χ4n) is 0.652. The largest absolute Gasteiger partial charge is 0.573 e. The van der Waals surface area contributed by atoms with E-state index in [-0.39, 0.29) is 4.60 Å². The zero-order valence-electron chi connectivity index (χ0n) is 6.20. The molecular formula is C6HBrClF4NO. The quantitative estimate of drug-likeness (QED) is 0.584. The second-order valence-electron chi connectivity index (χ2n) is 2.09. The van der Waals surface area contributed by atoms with Crippen molar-refractivity contribution in [1.82, 2.24) is 4.98 Å². The van der Waals surface area contributed by atoms with Crippen LogP contribution in [0.15, 0.2) is 10.7 Å². The third kappa shape index (κ3) is 2.98. The summed E-state index contributed by atoms with van der Waals surface area (Å²) in [5, 5.41) is -0.512. The zero-order valence-corrected chi connectivity index (χ0v) is 8.54. The van der Waals surface area contributed by atoms with E-state index in [4.69, 9.17) is 11.6 Å². The van der Waals surface area contributed by atoms with Crippen LogP contribution in [-0.2, 0) is 0 Å². The Morgan fingerprint density at radius 2 is 2.00 bits per heavy atom. The van der Waals surface area contributed by atoms with Crippen LogP contribution in [0.3, 0.4) is 0 Å². The zero-order chi connectivity index (χ0) is 10.9. The van der Waals surface area contributed by atoms with E-state index in [1.807, 2.05) is 0 Å². The molecule has 0 unspecified atom stereocenters. The van der Waals surface area contributed by atoms with Crippen LogP contribution >= 0.6 is 27.5 Å². The molecule has 1 heterocycles. The highest BCUT2D eigenvalue weighted by Gasteiger charge is 2.34. The molecule has 14 heavy (non-hydrogen) atoms. The Kier molecular flexibility index (Phi) is 3.20. The van der Waals surface area contributed by atoms with Crippen molar-refractivity contribution in [2.24, 2.45) is 0 Å². The van der Waals surface area contributed by atoms with E-state index in [0.717, 1.165) is 6.07 Å². The standard InChI is InChI=1S/C6HBrClF4NO/c7-3-1-2(8)4(5(9)13-3)14-6(10,11)12/h1H. The van der Waals surface area contributed by atoms with Crippen LogP contribution in [0.4, 0.5) is 17.6 Å². The van der Waals surface area contributed by atoms with Crippen LogP contribution in [0.5, 0.6) is 5.75 Å². The highest BCUT2D eigenvalue weighted by molar-refractivity contribution is 9.10. The molecule has 1 aromatic rings. The summed E-state index contributed by atoms with van der Waals surface area (Å²) in [6.07, 6.45) is -5.00. The molecule has 0 N–H and O–H groups in total. The Bertz CT molecular complexity index is 333. The van der Waals surface area contributed by atoms with Crippen LogP contribution in [-0.4, -0.2) is 11.3 Å². The van der Waals surface area contributed by atoms with E-state index in [1.54, 1.807) is 0 Å². The Morgan fingerprint density at radius 1 is 1.43 bits per heavy atom. The summed E-state index contributed by atoms with van der Waals surface area (Å²) >= 11 is 8.06. The minimum atomic E-state index is -5.00. The van der Waals surface area contributed by atoms with Gasteiger partial charge in [0.1, 0.15) is 4.60 Å². The molecule has 0 spiro atoms. The van der Waals surface area contributed by atoms with Gasteiger partial charge in [0.2, 0.25) is 5.75 Å². The van der Waals surface area contributed by atoms with Gasteiger partial charge >= 0.3 is 6.36 Å². The van der Waals surface area contributed by atoms with Crippen LogP contribution in [0, 0.1) is 5.95 Å². The molecule has 1 rings (SSSR count). The van der Waals surface area contributed by atoms with E-state index in [9.17, 15) is 17.6 Å². The van der Waals surface area contributed by atoms with Crippen LogP contribution in [0.2, 0.25) is 5.02 Å². The molecule has 2 nitrogen and oxygen atoms in total. The predicted molar refractivity (Wildman–Crippen MR) is 43.6 cm³/mol. The Labute approximate surface area is 89.0 Å². The van der Waals surface area contributed by atoms with Gasteiger partial charge in [0.15, 0.2) is 0 Å². The number of alkyl halides is 3. The van der Waals surface area contributed by atoms with Gasteiger partial charge in [-0.2, -0.15) is 4.39 Å². The van der Waals surface area contributed by atoms with Crippen LogP contribution in [0.1, 0.15) is 0 Å². The number of ether oxygens (including phenoxy) is 1. The van der Waals surface area contributed by atoms with Crippen molar-refractivity contribution in [3.8, 4) is 5.75 Å². The first-order valence-electron chi connectivity index (χ1n) is 3.07. The number of aromatic nitrogens is 1. The van der Waals surface area contributed by atoms with Crippen LogP contribution in [0.25, 0.3) is 0 Å². The number of pyridine rings is 1. The molecule has 0 saturated carbocycles. The lowest BCUT2D eigenvalue weighted by Gasteiger charge is -2.10. The lowest BCUT2D eigenvalue weighted by atomic mass is 10.4. The molecule has 78 valence electrons. The third-order valence-electron chi connectivity index (χ3n) is 1.07. The first-order chi connectivity index (χ1) is 6.29. The molecule has 0 aliphatic heterocycles. The smallest absolute Gasteiger partial charge is 0.399 e. The monoisotopic (exact) mass is 293 g/mol. The number of hydrogen-bond donors (Lipinski definition) is 0. The molecule has 0 aliphatic rings. The maximum absolute atomic E-state index is 12.8. The van der Waals surface area contributed by atoms with E-state index < -0.39 is 23.1 Å². The summed E-state index contributed by atoms with van der Waals surface area (Å²) in [7, 11) is 0. The molecular weight excluding hydrogens is 293 g/mol. The molecule has 1 aromatic heterocycles. The highest BCUT2D eigenvalue weighted by Crippen LogP contribution is 2.33. The van der Waals surface area contributed by atoms with Gasteiger partial charge in [0, 0.05) is 0 Å². The normalized spacial score (nSPS) is 11.6. The van der Waals surface area contributed by atoms with Crippen molar-refractivity contribution in [2.45, 2.75) is 6.36 Å². The van der Waals surface area contributed by atoms with Crippen LogP contribution < -0.4 is 4.74 Å². The number of halogens is 6. The van der Waals surface area contributed by atoms with E-state index in [0.29, 0.717) is 0 Å². The topological polar surface area (TPSA) is 22.1 Å². The lowest BCUT2D eigenvalue weighted by molar-refractivity contribution is -0.275. The molecule has 0 radical (unpaired) electrons. The van der Waals surface area contributed by atoms with Gasteiger partial charge in [-0.3, -0.25) is 0 Å². The van der Waals surface area contributed by atoms with Gasteiger partial charge in [-0.05, 0) is 22.0 Å². The summed E-state index contributed by atoms with van der Waals surface area (Å²) < 4.78 is 51.2. The minimum Gasteiger partial charge on any atom is -0.399 e. The van der Waals surface area contributed by atoms with E-state index >= 15 is 0 Å². The van der Waals surface area contributed by atoms with Gasteiger partial charge in [0.25, 0.3) is 5.95 Å². The molecule has 0 saturated heterocycles. The third-order valence-corrected chi connectivity index (χ3v) is 1.76. The lowest BCUT2D eigenvalue weighted by Crippen LogP contribution is -2.18. The molecule has 0 atom stereocenters. The molecule has 0 bridgehead atoms. The van der Waals surface area contributed by atoms with Crippen molar-refractivity contribution in [2.75, 3.05) is 0 Å². The first kappa shape index (κ1) is 11.5. The van der Waals surface area contributed by atoms with Gasteiger partial charge in [0.05, 0.1) is 5.02 Å². The molecule has 0 aliphatic carbocycles. The molecule has 0 aromatic carbocycles. The van der Waals surface area contributed by atoms with E-state index in [2.05, 4.69) is 25.7 Å². The summed E-state index contributed by atoms with van der Waals surface area (Å²) in [4.78, 5) is 3.06. The second-order valence-corrected chi connectivity index (χ2v) is 3.31. The van der Waals surface area contributed by atoms with Gasteiger partial charge in [-0.1, -0.05) is 11.6 Å². The predicted octanol–water partition coefficient (Wildman–Crippen LogP) is 3.54. The SMILES string of the molecule is Fc1nc(Br)cc(Cl)c1OC(F)(F)F. The fraction of sp³-hybridized carbons (Fsp3) is 0.167. The maximum Gasteiger partial charge on any atom is 0.573 e. The maximum atomic E-state index is 12.8. The van der Waals surface area contributed by atoms with Crippen molar-refractivity contribution < 1.29 is 22.3 Å². The van der Waals surface area contributed by atoms with Gasteiger partial charge in [-0.25, -0.2) is 4.98 Å².